The first kappa shape index (κ1) is 19.0. The SMILES string of the molecule is BrCCCCc1ccc2c(c1)-c1ccccc1C2.[NaH].[NaH]. The van der Waals surface area contributed by atoms with Crippen LogP contribution in [0.3, 0.4) is 0 Å². The molecule has 0 atom stereocenters. The van der Waals surface area contributed by atoms with Gasteiger partial charge >= 0.3 is 59.1 Å². The second-order valence-electron chi connectivity index (χ2n) is 4.97. The number of halogens is 1. The molecule has 2 aromatic carbocycles. The van der Waals surface area contributed by atoms with Gasteiger partial charge in [-0.2, -0.15) is 0 Å². The summed E-state index contributed by atoms with van der Waals surface area (Å²) in [5, 5.41) is 1.11. The molecule has 0 N–H and O–H groups in total. The van der Waals surface area contributed by atoms with Crippen molar-refractivity contribution in [1.29, 1.82) is 0 Å². The van der Waals surface area contributed by atoms with Gasteiger partial charge in [0.15, 0.2) is 0 Å². The Morgan fingerprint density at radius 2 is 1.60 bits per heavy atom. The van der Waals surface area contributed by atoms with Gasteiger partial charge in [-0.1, -0.05) is 58.4 Å². The molecule has 1 aliphatic carbocycles. The van der Waals surface area contributed by atoms with Gasteiger partial charge in [-0.3, -0.25) is 0 Å². The van der Waals surface area contributed by atoms with Crippen LogP contribution < -0.4 is 0 Å². The predicted octanol–water partition coefficient (Wildman–Crippen LogP) is 3.68. The number of hydrogen-bond acceptors (Lipinski definition) is 0. The zero-order valence-corrected chi connectivity index (χ0v) is 12.0. The van der Waals surface area contributed by atoms with E-state index in [1.54, 1.807) is 0 Å². The van der Waals surface area contributed by atoms with Crippen molar-refractivity contribution in [1.82, 2.24) is 0 Å². The van der Waals surface area contributed by atoms with E-state index in [0.29, 0.717) is 0 Å². The second-order valence-corrected chi connectivity index (χ2v) is 5.76. The zero-order chi connectivity index (χ0) is 12.4. The first-order valence-electron chi connectivity index (χ1n) is 6.64. The molecule has 0 unspecified atom stereocenters. The molecule has 0 spiro atoms. The number of rotatable bonds is 4. The number of unbranched alkanes of at least 4 members (excludes halogenated alkanes) is 1. The molecule has 0 saturated heterocycles. The van der Waals surface area contributed by atoms with E-state index in [0.717, 1.165) is 11.8 Å². The third-order valence-corrected chi connectivity index (χ3v) is 4.27. The van der Waals surface area contributed by atoms with E-state index in [-0.39, 0.29) is 59.1 Å². The molecule has 0 saturated carbocycles. The van der Waals surface area contributed by atoms with Gasteiger partial charge in [-0.05, 0) is 53.5 Å². The van der Waals surface area contributed by atoms with Gasteiger partial charge in [0.05, 0.1) is 0 Å². The van der Waals surface area contributed by atoms with Gasteiger partial charge in [0, 0.05) is 5.33 Å². The van der Waals surface area contributed by atoms with Crippen molar-refractivity contribution in [2.45, 2.75) is 25.7 Å². The van der Waals surface area contributed by atoms with Gasteiger partial charge in [-0.25, -0.2) is 0 Å². The molecular weight excluding hydrogens is 330 g/mol. The summed E-state index contributed by atoms with van der Waals surface area (Å²) >= 11 is 3.49. The molecule has 2 aromatic rings. The van der Waals surface area contributed by atoms with E-state index in [1.165, 1.54) is 47.1 Å². The van der Waals surface area contributed by atoms with Crippen LogP contribution in [0.5, 0.6) is 0 Å². The first-order valence-corrected chi connectivity index (χ1v) is 7.76. The van der Waals surface area contributed by atoms with E-state index in [1.807, 2.05) is 0 Å². The normalized spacial score (nSPS) is 11.1. The molecule has 0 amide bonds. The number of fused-ring (bicyclic) bond motifs is 3. The van der Waals surface area contributed by atoms with Crippen LogP contribution in [0, 0.1) is 0 Å². The Labute approximate surface area is 174 Å². The van der Waals surface area contributed by atoms with E-state index in [4.69, 9.17) is 0 Å². The summed E-state index contributed by atoms with van der Waals surface area (Å²) in [7, 11) is 0. The van der Waals surface area contributed by atoms with Gasteiger partial charge < -0.3 is 0 Å². The van der Waals surface area contributed by atoms with Gasteiger partial charge in [0.1, 0.15) is 0 Å². The van der Waals surface area contributed by atoms with Crippen molar-refractivity contribution in [2.24, 2.45) is 0 Å². The molecule has 0 radical (unpaired) electrons. The first-order chi connectivity index (χ1) is 8.88. The Bertz CT molecular complexity index is 567. The maximum atomic E-state index is 3.49. The van der Waals surface area contributed by atoms with Crippen molar-refractivity contribution < 1.29 is 0 Å². The summed E-state index contributed by atoms with van der Waals surface area (Å²) in [5.41, 5.74) is 7.34. The maximum absolute atomic E-state index is 3.49. The summed E-state index contributed by atoms with van der Waals surface area (Å²) in [5.74, 6) is 0. The van der Waals surface area contributed by atoms with Crippen molar-refractivity contribution in [3.05, 3.63) is 59.2 Å². The summed E-state index contributed by atoms with van der Waals surface area (Å²) in [6.45, 7) is 0. The molecular formula is C17H19BrNa2. The summed E-state index contributed by atoms with van der Waals surface area (Å²) in [6.07, 6.45) is 4.83. The van der Waals surface area contributed by atoms with Crippen LogP contribution in [0.2, 0.25) is 0 Å². The quantitative estimate of drug-likeness (QED) is 0.383. The van der Waals surface area contributed by atoms with Crippen molar-refractivity contribution in [3.63, 3.8) is 0 Å². The molecule has 0 bridgehead atoms. The summed E-state index contributed by atoms with van der Waals surface area (Å²) in [6, 6.07) is 15.8. The van der Waals surface area contributed by atoms with Crippen LogP contribution in [0.1, 0.15) is 29.5 Å². The molecule has 0 fully saturated rings. The third-order valence-electron chi connectivity index (χ3n) is 3.71. The second kappa shape index (κ2) is 9.15. The Balaban J connectivity index is 0.000001000. The molecule has 1 aliphatic rings. The fraction of sp³-hybridized carbons (Fsp3) is 0.294. The van der Waals surface area contributed by atoms with Crippen molar-refractivity contribution >= 4 is 75.0 Å². The van der Waals surface area contributed by atoms with E-state index < -0.39 is 0 Å². The minimum absolute atomic E-state index is 0. The summed E-state index contributed by atoms with van der Waals surface area (Å²) < 4.78 is 0. The summed E-state index contributed by atoms with van der Waals surface area (Å²) in [4.78, 5) is 0. The monoisotopic (exact) mass is 348 g/mol. The number of aryl methyl sites for hydroxylation is 1. The third kappa shape index (κ3) is 4.23. The Morgan fingerprint density at radius 1 is 0.850 bits per heavy atom. The molecule has 3 heteroatoms. The van der Waals surface area contributed by atoms with Gasteiger partial charge in [-0.15, -0.1) is 0 Å². The van der Waals surface area contributed by atoms with E-state index in [2.05, 4.69) is 58.4 Å². The van der Waals surface area contributed by atoms with Crippen LogP contribution in [-0.2, 0) is 12.8 Å². The van der Waals surface area contributed by atoms with Crippen LogP contribution in [0.15, 0.2) is 42.5 Å². The molecule has 96 valence electrons. The standard InChI is InChI=1S/C17H17Br.2Na.2H/c18-10-4-3-5-13-8-9-15-12-14-6-1-2-7-16(14)17(15)11-13;;;;/h1-2,6-9,11H,3-5,10,12H2;;;;. The van der Waals surface area contributed by atoms with Crippen molar-refractivity contribution in [2.75, 3.05) is 5.33 Å². The molecule has 0 aliphatic heterocycles. The van der Waals surface area contributed by atoms with Crippen LogP contribution in [0.25, 0.3) is 11.1 Å². The van der Waals surface area contributed by atoms with Crippen LogP contribution >= 0.6 is 15.9 Å². The zero-order valence-electron chi connectivity index (χ0n) is 10.5. The Kier molecular flexibility index (Phi) is 8.68. The molecule has 0 heterocycles. The average molecular weight is 349 g/mol. The Morgan fingerprint density at radius 3 is 2.40 bits per heavy atom. The molecule has 20 heavy (non-hydrogen) atoms. The topological polar surface area (TPSA) is 0 Å². The average Bonchev–Trinajstić information content (AvgIpc) is 2.77. The predicted molar refractivity (Wildman–Crippen MR) is 95.7 cm³/mol. The molecule has 3 rings (SSSR count). The van der Waals surface area contributed by atoms with Crippen molar-refractivity contribution in [3.8, 4) is 11.1 Å². The minimum atomic E-state index is 0. The number of alkyl halides is 1. The van der Waals surface area contributed by atoms with Crippen LogP contribution in [0.4, 0.5) is 0 Å². The van der Waals surface area contributed by atoms with Gasteiger partial charge in [0.25, 0.3) is 0 Å². The van der Waals surface area contributed by atoms with E-state index >= 15 is 0 Å². The number of benzene rings is 2. The number of hydrogen-bond donors (Lipinski definition) is 0. The fourth-order valence-corrected chi connectivity index (χ4v) is 3.15. The fourth-order valence-electron chi connectivity index (χ4n) is 2.75. The Hall–Kier alpha value is 0.920. The van der Waals surface area contributed by atoms with Gasteiger partial charge in [0.2, 0.25) is 0 Å². The molecule has 0 aromatic heterocycles. The molecule has 0 nitrogen and oxygen atoms in total. The van der Waals surface area contributed by atoms with E-state index in [9.17, 15) is 0 Å². The van der Waals surface area contributed by atoms with Crippen LogP contribution in [-0.4, -0.2) is 64.4 Å².